The normalized spacial score (nSPS) is 19.8. The van der Waals surface area contributed by atoms with E-state index in [2.05, 4.69) is 21.6 Å². The van der Waals surface area contributed by atoms with E-state index in [0.29, 0.717) is 19.4 Å². The van der Waals surface area contributed by atoms with Gasteiger partial charge in [-0.15, -0.1) is 0 Å². The Hall–Kier alpha value is -4.16. The molecule has 2 N–H and O–H groups in total. The third-order valence-corrected chi connectivity index (χ3v) is 8.56. The van der Waals surface area contributed by atoms with Gasteiger partial charge in [-0.05, 0) is 67.7 Å². The molecule has 5 rings (SSSR count). The highest BCUT2D eigenvalue weighted by Crippen LogP contribution is 2.44. The fourth-order valence-corrected chi connectivity index (χ4v) is 6.40. The molecule has 43 heavy (non-hydrogen) atoms. The summed E-state index contributed by atoms with van der Waals surface area (Å²) in [6, 6.07) is 7.85. The first-order chi connectivity index (χ1) is 20.7. The van der Waals surface area contributed by atoms with Gasteiger partial charge in [-0.2, -0.15) is 0 Å². The van der Waals surface area contributed by atoms with Gasteiger partial charge < -0.3 is 25.0 Å². The van der Waals surface area contributed by atoms with Crippen LogP contribution in [-0.4, -0.2) is 80.6 Å². The third-order valence-electron chi connectivity index (χ3n) is 8.56. The highest BCUT2D eigenvalue weighted by Gasteiger charge is 2.47. The lowest BCUT2D eigenvalue weighted by molar-refractivity contribution is -0.137. The zero-order valence-electron chi connectivity index (χ0n) is 24.1. The Kier molecular flexibility index (Phi) is 8.88. The number of fused-ring (bicyclic) bond motifs is 2. The van der Waals surface area contributed by atoms with Crippen LogP contribution in [0.3, 0.4) is 0 Å². The zero-order valence-corrected chi connectivity index (χ0v) is 24.1. The van der Waals surface area contributed by atoms with Gasteiger partial charge in [-0.25, -0.2) is 28.1 Å². The monoisotopic (exact) mass is 596 g/mol. The number of carbonyl (C=O) groups excluding carboxylic acids is 4. The summed E-state index contributed by atoms with van der Waals surface area (Å²) < 4.78 is 38.0. The molecule has 1 fully saturated rings. The van der Waals surface area contributed by atoms with E-state index < -0.39 is 41.1 Å². The van der Waals surface area contributed by atoms with Gasteiger partial charge in [0.15, 0.2) is 11.6 Å². The van der Waals surface area contributed by atoms with E-state index in [0.717, 1.165) is 61.2 Å². The fraction of sp³-hybridized carbons (Fsp3) is 0.419. The maximum Gasteiger partial charge on any atom is 0.338 e. The maximum atomic E-state index is 14.3. The van der Waals surface area contributed by atoms with Crippen molar-refractivity contribution in [3.8, 4) is 0 Å². The van der Waals surface area contributed by atoms with Gasteiger partial charge in [0.1, 0.15) is 11.8 Å². The van der Waals surface area contributed by atoms with Crippen LogP contribution in [0.5, 0.6) is 0 Å². The minimum atomic E-state index is -1.40. The van der Waals surface area contributed by atoms with Gasteiger partial charge in [0.25, 0.3) is 0 Å². The number of nitrogens with one attached hydrogen (secondary N) is 2. The van der Waals surface area contributed by atoms with Crippen LogP contribution in [0.1, 0.15) is 42.0 Å². The van der Waals surface area contributed by atoms with Crippen molar-refractivity contribution in [2.75, 3.05) is 47.0 Å². The molecule has 0 saturated carbocycles. The van der Waals surface area contributed by atoms with E-state index in [-0.39, 0.29) is 35.8 Å². The van der Waals surface area contributed by atoms with Crippen LogP contribution in [0, 0.1) is 11.6 Å². The lowest BCUT2D eigenvalue weighted by Crippen LogP contribution is -2.55. The number of halogens is 2. The van der Waals surface area contributed by atoms with E-state index in [4.69, 9.17) is 9.47 Å². The van der Waals surface area contributed by atoms with E-state index >= 15 is 0 Å². The standard InChI is InChI=1S/C31H34F2N4O6/c1-42-18-24-26(28(39)43-2)27(20-8-9-22(32)23(33)16-20)37(30(41)35-24)29(40)34-12-5-13-36-14-10-31(11-15-36)21-7-4-3-6-19(21)17-25(31)38/h3-4,6-9,16,27H,5,10-15,17-18H2,1-2H3,(H,34,40)(H,35,41). The van der Waals surface area contributed by atoms with Crippen molar-refractivity contribution < 1.29 is 37.4 Å². The van der Waals surface area contributed by atoms with E-state index in [1.54, 1.807) is 0 Å². The Morgan fingerprint density at radius 1 is 1.07 bits per heavy atom. The van der Waals surface area contributed by atoms with Gasteiger partial charge in [0, 0.05) is 20.1 Å². The van der Waals surface area contributed by atoms with Gasteiger partial charge in [-0.3, -0.25) is 4.79 Å². The lowest BCUT2D eigenvalue weighted by Gasteiger charge is -2.39. The minimum Gasteiger partial charge on any atom is -0.466 e. The number of methoxy groups -OCH3 is 2. The summed E-state index contributed by atoms with van der Waals surface area (Å²) in [5, 5.41) is 5.21. The average molecular weight is 597 g/mol. The van der Waals surface area contributed by atoms with Crippen LogP contribution < -0.4 is 10.6 Å². The smallest absolute Gasteiger partial charge is 0.338 e. The fourth-order valence-electron chi connectivity index (χ4n) is 6.40. The maximum absolute atomic E-state index is 14.3. The predicted molar refractivity (Wildman–Crippen MR) is 151 cm³/mol. The summed E-state index contributed by atoms with van der Waals surface area (Å²) in [7, 11) is 2.49. The average Bonchev–Trinajstić information content (AvgIpc) is 3.27. The number of likely N-dealkylation sites (tertiary alicyclic amines) is 1. The van der Waals surface area contributed by atoms with Crippen molar-refractivity contribution >= 4 is 23.8 Å². The van der Waals surface area contributed by atoms with Crippen molar-refractivity contribution in [1.82, 2.24) is 20.4 Å². The molecular formula is C31H34F2N4O6. The molecule has 228 valence electrons. The number of piperidine rings is 1. The minimum absolute atomic E-state index is 0.00295. The molecule has 2 aromatic rings. The molecule has 1 aliphatic carbocycles. The summed E-state index contributed by atoms with van der Waals surface area (Å²) in [6.07, 6.45) is 2.53. The highest BCUT2D eigenvalue weighted by atomic mass is 19.2. The Morgan fingerprint density at radius 2 is 1.81 bits per heavy atom. The van der Waals surface area contributed by atoms with Gasteiger partial charge in [-0.1, -0.05) is 30.3 Å². The van der Waals surface area contributed by atoms with Crippen LogP contribution in [0.15, 0.2) is 53.7 Å². The number of ether oxygens (including phenoxy) is 2. The Labute approximate surface area is 248 Å². The van der Waals surface area contributed by atoms with Gasteiger partial charge in [0.05, 0.1) is 30.4 Å². The molecule has 3 aliphatic rings. The number of carbonyl (C=O) groups is 4. The molecule has 1 atom stereocenters. The summed E-state index contributed by atoms with van der Waals surface area (Å²) >= 11 is 0. The first kappa shape index (κ1) is 30.3. The van der Waals surface area contributed by atoms with Gasteiger partial charge >= 0.3 is 18.0 Å². The van der Waals surface area contributed by atoms with Crippen LogP contribution in [0.2, 0.25) is 0 Å². The second kappa shape index (κ2) is 12.6. The molecule has 2 aliphatic heterocycles. The lowest BCUT2D eigenvalue weighted by atomic mass is 9.73. The number of hydrogen-bond acceptors (Lipinski definition) is 7. The second-order valence-electron chi connectivity index (χ2n) is 11.0. The van der Waals surface area contributed by atoms with E-state index in [1.165, 1.54) is 13.2 Å². The molecule has 10 nitrogen and oxygen atoms in total. The number of imide groups is 1. The van der Waals surface area contributed by atoms with Crippen molar-refractivity contribution in [3.05, 3.63) is 82.1 Å². The summed E-state index contributed by atoms with van der Waals surface area (Å²) in [4.78, 5) is 55.3. The molecule has 2 heterocycles. The van der Waals surface area contributed by atoms with Crippen molar-refractivity contribution in [2.24, 2.45) is 0 Å². The van der Waals surface area contributed by atoms with Gasteiger partial charge in [0.2, 0.25) is 0 Å². The van der Waals surface area contributed by atoms with Crippen LogP contribution in [0.25, 0.3) is 0 Å². The molecule has 2 aromatic carbocycles. The van der Waals surface area contributed by atoms with E-state index in [9.17, 15) is 28.0 Å². The number of Topliss-reactive ketones (excluding diaryl/α,β-unsaturated/α-hetero) is 1. The molecule has 4 amide bonds. The van der Waals surface area contributed by atoms with E-state index in [1.807, 2.05) is 18.2 Å². The topological polar surface area (TPSA) is 117 Å². The predicted octanol–water partition coefficient (Wildman–Crippen LogP) is 3.36. The summed E-state index contributed by atoms with van der Waals surface area (Å²) in [6.45, 7) is 2.17. The molecular weight excluding hydrogens is 562 g/mol. The molecule has 0 aromatic heterocycles. The first-order valence-electron chi connectivity index (χ1n) is 14.2. The number of esters is 1. The molecule has 1 spiro atoms. The quantitative estimate of drug-likeness (QED) is 0.355. The van der Waals surface area contributed by atoms with Crippen molar-refractivity contribution in [2.45, 2.75) is 37.1 Å². The summed E-state index contributed by atoms with van der Waals surface area (Å²) in [5.41, 5.74) is 1.76. The number of hydrogen-bond donors (Lipinski definition) is 2. The second-order valence-corrected chi connectivity index (χ2v) is 11.0. The first-order valence-corrected chi connectivity index (χ1v) is 14.2. The highest BCUT2D eigenvalue weighted by molar-refractivity contribution is 6.02. The molecule has 0 radical (unpaired) electrons. The number of urea groups is 2. The Bertz CT molecular complexity index is 1470. The number of rotatable bonds is 8. The number of amides is 4. The molecule has 1 unspecified atom stereocenters. The Balaban J connectivity index is 1.25. The largest absolute Gasteiger partial charge is 0.466 e. The van der Waals surface area contributed by atoms with Crippen molar-refractivity contribution in [1.29, 1.82) is 0 Å². The van der Waals surface area contributed by atoms with Crippen LogP contribution in [-0.2, 0) is 30.9 Å². The van der Waals surface area contributed by atoms with Crippen LogP contribution >= 0.6 is 0 Å². The van der Waals surface area contributed by atoms with Crippen LogP contribution in [0.4, 0.5) is 18.4 Å². The molecule has 0 bridgehead atoms. The molecule has 1 saturated heterocycles. The number of nitrogens with zero attached hydrogens (tertiary/aromatic N) is 2. The number of ketones is 1. The summed E-state index contributed by atoms with van der Waals surface area (Å²) in [5.74, 6) is -2.91. The Morgan fingerprint density at radius 3 is 2.51 bits per heavy atom. The SMILES string of the molecule is COCC1=C(C(=O)OC)C(c2ccc(F)c(F)c2)N(C(=O)NCCCN2CCC3(CC2)C(=O)Cc2ccccc23)C(=O)N1. The molecule has 12 heteroatoms. The third kappa shape index (κ3) is 5.76. The van der Waals surface area contributed by atoms with Crippen molar-refractivity contribution in [3.63, 3.8) is 0 Å². The zero-order chi connectivity index (χ0) is 30.7. The number of benzene rings is 2.